The van der Waals surface area contributed by atoms with Gasteiger partial charge in [-0.25, -0.2) is 4.79 Å². The predicted octanol–water partition coefficient (Wildman–Crippen LogP) is 3.76. The Morgan fingerprint density at radius 1 is 1.38 bits per heavy atom. The zero-order valence-corrected chi connectivity index (χ0v) is 13.4. The van der Waals surface area contributed by atoms with Crippen LogP contribution in [0.5, 0.6) is 0 Å². The van der Waals surface area contributed by atoms with Gasteiger partial charge in [-0.3, -0.25) is 0 Å². The molecule has 1 saturated carbocycles. The van der Waals surface area contributed by atoms with E-state index < -0.39 is 0 Å². The van der Waals surface area contributed by atoms with Gasteiger partial charge in [0.15, 0.2) is 0 Å². The molecule has 1 aliphatic rings. The van der Waals surface area contributed by atoms with E-state index in [1.807, 2.05) is 24.0 Å². The Labute approximate surface area is 127 Å². The quantitative estimate of drug-likeness (QED) is 0.802. The second-order valence-corrected chi connectivity index (χ2v) is 5.75. The van der Waals surface area contributed by atoms with Crippen molar-refractivity contribution in [2.75, 3.05) is 18.4 Å². The maximum Gasteiger partial charge on any atom is 0.322 e. The first-order valence-electron chi connectivity index (χ1n) is 8.06. The van der Waals surface area contributed by atoms with Gasteiger partial charge in [0.25, 0.3) is 0 Å². The van der Waals surface area contributed by atoms with Crippen molar-refractivity contribution in [3.63, 3.8) is 0 Å². The lowest BCUT2D eigenvalue weighted by molar-refractivity contribution is 0.212. The molecule has 1 fully saturated rings. The molecule has 0 spiro atoms. The summed E-state index contributed by atoms with van der Waals surface area (Å²) in [5.41, 5.74) is 2.08. The third-order valence-electron chi connectivity index (χ3n) is 3.93. The summed E-state index contributed by atoms with van der Waals surface area (Å²) in [6.07, 6.45) is 3.39. The van der Waals surface area contributed by atoms with Gasteiger partial charge in [0.1, 0.15) is 0 Å². The van der Waals surface area contributed by atoms with Gasteiger partial charge >= 0.3 is 6.03 Å². The van der Waals surface area contributed by atoms with Crippen LogP contribution in [0.25, 0.3) is 0 Å². The summed E-state index contributed by atoms with van der Waals surface area (Å²) in [6, 6.07) is 8.88. The molecule has 4 heteroatoms. The molecule has 2 amide bonds. The van der Waals surface area contributed by atoms with Crippen molar-refractivity contribution in [3.8, 4) is 0 Å². The third kappa shape index (κ3) is 4.46. The number of rotatable bonds is 7. The fourth-order valence-corrected chi connectivity index (χ4v) is 2.51. The van der Waals surface area contributed by atoms with Gasteiger partial charge < -0.3 is 15.5 Å². The first-order chi connectivity index (χ1) is 10.2. The van der Waals surface area contributed by atoms with Gasteiger partial charge in [-0.2, -0.15) is 0 Å². The smallest absolute Gasteiger partial charge is 0.322 e. The summed E-state index contributed by atoms with van der Waals surface area (Å²) in [5.74, 6) is 0. The minimum atomic E-state index is 0.0197. The maximum absolute atomic E-state index is 12.3. The summed E-state index contributed by atoms with van der Waals surface area (Å²) in [7, 11) is 0. The Bertz CT molecular complexity index is 471. The molecule has 2 rings (SSSR count). The summed E-state index contributed by atoms with van der Waals surface area (Å²) >= 11 is 0. The molecule has 0 saturated heterocycles. The van der Waals surface area contributed by atoms with Crippen molar-refractivity contribution in [2.45, 2.75) is 52.1 Å². The van der Waals surface area contributed by atoms with Gasteiger partial charge in [-0.1, -0.05) is 19.1 Å². The molecule has 0 radical (unpaired) electrons. The molecule has 0 aliphatic heterocycles. The lowest BCUT2D eigenvalue weighted by Gasteiger charge is -2.21. The lowest BCUT2D eigenvalue weighted by atomic mass is 10.1. The molecule has 1 aromatic rings. The van der Waals surface area contributed by atoms with E-state index in [0.717, 1.165) is 38.0 Å². The van der Waals surface area contributed by atoms with Crippen LogP contribution < -0.4 is 10.6 Å². The number of urea groups is 1. The SMILES string of the molecule is CCCNC(C)c1cccc(NC(=O)N(CC)C2CC2)c1. The standard InChI is InChI=1S/C17H27N3O/c1-4-11-18-13(3)14-7-6-8-15(12-14)19-17(21)20(5-2)16-9-10-16/h6-8,12-13,16,18H,4-5,9-11H2,1-3H3,(H,19,21). The normalized spacial score (nSPS) is 15.6. The van der Waals surface area contributed by atoms with Gasteiger partial charge in [0, 0.05) is 24.3 Å². The maximum atomic E-state index is 12.3. The monoisotopic (exact) mass is 289 g/mol. The highest BCUT2D eigenvalue weighted by atomic mass is 16.2. The molecule has 4 nitrogen and oxygen atoms in total. The largest absolute Gasteiger partial charge is 0.322 e. The zero-order chi connectivity index (χ0) is 15.2. The van der Waals surface area contributed by atoms with Gasteiger partial charge in [-0.05, 0) is 57.4 Å². The molecule has 0 aromatic heterocycles. The van der Waals surface area contributed by atoms with E-state index in [1.54, 1.807) is 0 Å². The van der Waals surface area contributed by atoms with Gasteiger partial charge in [0.05, 0.1) is 0 Å². The van der Waals surface area contributed by atoms with E-state index in [9.17, 15) is 4.79 Å². The number of nitrogens with one attached hydrogen (secondary N) is 2. The van der Waals surface area contributed by atoms with Crippen molar-refractivity contribution in [1.29, 1.82) is 0 Å². The van der Waals surface area contributed by atoms with Crippen LogP contribution in [0.1, 0.15) is 51.6 Å². The second-order valence-electron chi connectivity index (χ2n) is 5.75. The fourth-order valence-electron chi connectivity index (χ4n) is 2.51. The highest BCUT2D eigenvalue weighted by Crippen LogP contribution is 2.27. The first-order valence-corrected chi connectivity index (χ1v) is 8.06. The highest BCUT2D eigenvalue weighted by Gasteiger charge is 2.31. The molecular formula is C17H27N3O. The fraction of sp³-hybridized carbons (Fsp3) is 0.588. The van der Waals surface area contributed by atoms with Crippen LogP contribution >= 0.6 is 0 Å². The van der Waals surface area contributed by atoms with Crippen LogP contribution in [-0.2, 0) is 0 Å². The summed E-state index contributed by atoms with van der Waals surface area (Å²) in [5, 5.41) is 6.49. The molecule has 0 bridgehead atoms. The van der Waals surface area contributed by atoms with Crippen LogP contribution in [0, 0.1) is 0 Å². The predicted molar refractivity (Wildman–Crippen MR) is 87.6 cm³/mol. The molecule has 21 heavy (non-hydrogen) atoms. The Hall–Kier alpha value is -1.55. The van der Waals surface area contributed by atoms with Gasteiger partial charge in [-0.15, -0.1) is 0 Å². The first kappa shape index (κ1) is 15.8. The van der Waals surface area contributed by atoms with Crippen LogP contribution in [0.2, 0.25) is 0 Å². The number of hydrogen-bond acceptors (Lipinski definition) is 2. The van der Waals surface area contributed by atoms with E-state index in [-0.39, 0.29) is 6.03 Å². The Balaban J connectivity index is 1.98. The highest BCUT2D eigenvalue weighted by molar-refractivity contribution is 5.89. The van der Waals surface area contributed by atoms with E-state index in [2.05, 4.69) is 36.6 Å². The number of carbonyl (C=O) groups excluding carboxylic acids is 1. The Kier molecular flexibility index (Phi) is 5.62. The van der Waals surface area contributed by atoms with Crippen molar-refractivity contribution in [1.82, 2.24) is 10.2 Å². The molecule has 1 atom stereocenters. The van der Waals surface area contributed by atoms with E-state index >= 15 is 0 Å². The van der Waals surface area contributed by atoms with Gasteiger partial charge in [0.2, 0.25) is 0 Å². The molecule has 1 aromatic carbocycles. The number of anilines is 1. The number of hydrogen-bond donors (Lipinski definition) is 2. The number of benzene rings is 1. The number of amides is 2. The van der Waals surface area contributed by atoms with Crippen LogP contribution in [0.4, 0.5) is 10.5 Å². The third-order valence-corrected chi connectivity index (χ3v) is 3.93. The lowest BCUT2D eigenvalue weighted by Crippen LogP contribution is -2.36. The van der Waals surface area contributed by atoms with Crippen LogP contribution in [0.15, 0.2) is 24.3 Å². The number of carbonyl (C=O) groups is 1. The summed E-state index contributed by atoms with van der Waals surface area (Å²) < 4.78 is 0. The molecule has 116 valence electrons. The number of nitrogens with zero attached hydrogens (tertiary/aromatic N) is 1. The Morgan fingerprint density at radius 2 is 2.14 bits per heavy atom. The van der Waals surface area contributed by atoms with E-state index in [0.29, 0.717) is 12.1 Å². The molecular weight excluding hydrogens is 262 g/mol. The molecule has 0 heterocycles. The summed E-state index contributed by atoms with van der Waals surface area (Å²) in [4.78, 5) is 14.2. The van der Waals surface area contributed by atoms with Crippen molar-refractivity contribution >= 4 is 11.7 Å². The van der Waals surface area contributed by atoms with E-state index in [1.165, 1.54) is 5.56 Å². The zero-order valence-electron chi connectivity index (χ0n) is 13.4. The molecule has 1 aliphatic carbocycles. The van der Waals surface area contributed by atoms with Crippen molar-refractivity contribution in [3.05, 3.63) is 29.8 Å². The van der Waals surface area contributed by atoms with Crippen LogP contribution in [0.3, 0.4) is 0 Å². The average Bonchev–Trinajstić information content (AvgIpc) is 3.30. The minimum absolute atomic E-state index is 0.0197. The summed E-state index contributed by atoms with van der Waals surface area (Å²) in [6.45, 7) is 8.12. The van der Waals surface area contributed by atoms with Crippen LogP contribution in [-0.4, -0.2) is 30.1 Å². The average molecular weight is 289 g/mol. The minimum Gasteiger partial charge on any atom is -0.322 e. The van der Waals surface area contributed by atoms with Crippen molar-refractivity contribution < 1.29 is 4.79 Å². The second kappa shape index (κ2) is 7.46. The molecule has 2 N–H and O–H groups in total. The molecule has 1 unspecified atom stereocenters. The van der Waals surface area contributed by atoms with Crippen molar-refractivity contribution in [2.24, 2.45) is 0 Å². The topological polar surface area (TPSA) is 44.4 Å². The van der Waals surface area contributed by atoms with E-state index in [4.69, 9.17) is 0 Å². The Morgan fingerprint density at radius 3 is 2.76 bits per heavy atom.